The van der Waals surface area contributed by atoms with Gasteiger partial charge in [-0.15, -0.1) is 0 Å². The zero-order chi connectivity index (χ0) is 15.2. The molecule has 20 heavy (non-hydrogen) atoms. The van der Waals surface area contributed by atoms with Crippen LogP contribution in [0.25, 0.3) is 0 Å². The maximum atomic E-state index is 11.6. The average molecular weight is 308 g/mol. The molecule has 0 aromatic heterocycles. The Labute approximate surface area is 118 Å². The summed E-state index contributed by atoms with van der Waals surface area (Å²) in [7, 11) is -2.14. The third kappa shape index (κ3) is 5.85. The molecule has 0 unspecified atom stereocenters. The number of carbonyl (C=O) groups excluding carboxylic acids is 1. The smallest absolute Gasteiger partial charge is 0.304 e. The molecule has 0 radical (unpaired) electrons. The number of aliphatic carboxylic acids is 1. The number of carbonyl (C=O) groups is 2. The molecule has 0 aromatic carbocycles. The van der Waals surface area contributed by atoms with Crippen molar-refractivity contribution in [3.05, 3.63) is 0 Å². The first-order valence-electron chi connectivity index (χ1n) is 6.32. The Morgan fingerprint density at radius 2 is 1.95 bits per heavy atom. The Hall–Kier alpha value is -1.19. The van der Waals surface area contributed by atoms with Gasteiger partial charge in [0.15, 0.2) is 0 Å². The maximum absolute atomic E-state index is 11.6. The van der Waals surface area contributed by atoms with E-state index < -0.39 is 28.2 Å². The lowest BCUT2D eigenvalue weighted by Gasteiger charge is -2.32. The fraction of sp³-hybridized carbons (Fsp3) is 0.818. The second-order valence-electron chi connectivity index (χ2n) is 4.67. The molecule has 0 aromatic rings. The third-order valence-corrected chi connectivity index (χ3v) is 4.48. The number of methoxy groups -OCH3 is 1. The van der Waals surface area contributed by atoms with Gasteiger partial charge < -0.3 is 14.7 Å². The lowest BCUT2D eigenvalue weighted by molar-refractivity contribution is -0.137. The van der Waals surface area contributed by atoms with E-state index in [1.807, 2.05) is 0 Å². The molecule has 0 bridgehead atoms. The molecule has 1 fully saturated rings. The summed E-state index contributed by atoms with van der Waals surface area (Å²) in [6.45, 7) is 0.956. The fourth-order valence-electron chi connectivity index (χ4n) is 2.00. The zero-order valence-corrected chi connectivity index (χ0v) is 12.2. The van der Waals surface area contributed by atoms with Gasteiger partial charge >= 0.3 is 5.97 Å². The van der Waals surface area contributed by atoms with E-state index in [9.17, 15) is 18.0 Å². The van der Waals surface area contributed by atoms with Gasteiger partial charge in [-0.1, -0.05) is 0 Å². The molecule has 2 N–H and O–H groups in total. The quantitative estimate of drug-likeness (QED) is 0.625. The highest BCUT2D eigenvalue weighted by Gasteiger charge is 2.25. The number of rotatable bonds is 7. The van der Waals surface area contributed by atoms with Gasteiger partial charge in [0.1, 0.15) is 6.61 Å². The topological polar surface area (TPSA) is 113 Å². The number of hydrogen-bond donors (Lipinski definition) is 2. The molecule has 116 valence electrons. The monoisotopic (exact) mass is 308 g/mol. The van der Waals surface area contributed by atoms with Crippen LogP contribution in [0.4, 0.5) is 0 Å². The van der Waals surface area contributed by atoms with Crippen LogP contribution in [0.15, 0.2) is 0 Å². The first-order chi connectivity index (χ1) is 9.34. The Bertz CT molecular complexity index is 442. The van der Waals surface area contributed by atoms with Gasteiger partial charge in [0.25, 0.3) is 0 Å². The highest BCUT2D eigenvalue weighted by Crippen LogP contribution is 2.12. The van der Waals surface area contributed by atoms with Crippen molar-refractivity contribution in [1.29, 1.82) is 0 Å². The van der Waals surface area contributed by atoms with Crippen LogP contribution in [-0.2, 0) is 24.3 Å². The summed E-state index contributed by atoms with van der Waals surface area (Å²) in [6, 6.07) is -0.250. The van der Waals surface area contributed by atoms with Gasteiger partial charge in [0, 0.05) is 26.2 Å². The molecule has 1 aliphatic rings. The number of nitrogens with zero attached hydrogens (tertiary/aromatic N) is 1. The molecule has 0 saturated carbocycles. The van der Waals surface area contributed by atoms with Crippen LogP contribution in [0.2, 0.25) is 0 Å². The van der Waals surface area contributed by atoms with Crippen molar-refractivity contribution in [2.75, 3.05) is 32.6 Å². The lowest BCUT2D eigenvalue weighted by atomic mass is 10.1. The molecule has 0 atom stereocenters. The summed E-state index contributed by atoms with van der Waals surface area (Å²) in [5, 5.41) is 8.48. The molecule has 1 amide bonds. The molecular weight excluding hydrogens is 288 g/mol. The Morgan fingerprint density at radius 3 is 2.45 bits per heavy atom. The predicted molar refractivity (Wildman–Crippen MR) is 70.7 cm³/mol. The van der Waals surface area contributed by atoms with Gasteiger partial charge in [0.2, 0.25) is 15.9 Å². The summed E-state index contributed by atoms with van der Waals surface area (Å²) in [4.78, 5) is 23.6. The van der Waals surface area contributed by atoms with Crippen molar-refractivity contribution < 1.29 is 27.9 Å². The van der Waals surface area contributed by atoms with Crippen LogP contribution in [0.5, 0.6) is 0 Å². The predicted octanol–water partition coefficient (Wildman–Crippen LogP) is -0.982. The Kier molecular flexibility index (Phi) is 6.37. The largest absolute Gasteiger partial charge is 0.481 e. The number of carboxylic acids is 1. The van der Waals surface area contributed by atoms with Gasteiger partial charge in [-0.05, 0) is 12.8 Å². The minimum atomic E-state index is -3.58. The molecule has 9 heteroatoms. The number of nitrogens with one attached hydrogen (secondary N) is 1. The standard InChI is InChI=1S/C11H20N2O6S/c1-19-8-10(14)13-5-2-9(3-6-13)12-20(17,18)7-4-11(15)16/h9,12H,2-8H2,1H3,(H,15,16). The van der Waals surface area contributed by atoms with Gasteiger partial charge in [-0.3, -0.25) is 9.59 Å². The molecular formula is C11H20N2O6S. The van der Waals surface area contributed by atoms with Crippen molar-refractivity contribution in [2.45, 2.75) is 25.3 Å². The second kappa shape index (κ2) is 7.55. The molecule has 1 saturated heterocycles. The first kappa shape index (κ1) is 16.9. The van der Waals surface area contributed by atoms with Crippen molar-refractivity contribution in [2.24, 2.45) is 0 Å². The first-order valence-corrected chi connectivity index (χ1v) is 7.98. The summed E-state index contributed by atoms with van der Waals surface area (Å²) in [5.41, 5.74) is 0. The summed E-state index contributed by atoms with van der Waals surface area (Å²) < 4.78 is 30.5. The highest BCUT2D eigenvalue weighted by molar-refractivity contribution is 7.89. The summed E-state index contributed by atoms with van der Waals surface area (Å²) in [6.07, 6.45) is 0.615. The maximum Gasteiger partial charge on any atom is 0.304 e. The van der Waals surface area contributed by atoms with E-state index in [2.05, 4.69) is 4.72 Å². The van der Waals surface area contributed by atoms with Crippen LogP contribution in [0.1, 0.15) is 19.3 Å². The van der Waals surface area contributed by atoms with Crippen LogP contribution < -0.4 is 4.72 Å². The van der Waals surface area contributed by atoms with Crippen LogP contribution >= 0.6 is 0 Å². The molecule has 0 aliphatic carbocycles. The fourth-order valence-corrected chi connectivity index (χ4v) is 3.30. The summed E-state index contributed by atoms with van der Waals surface area (Å²) in [5.74, 6) is -1.68. The molecule has 0 spiro atoms. The van der Waals surface area contributed by atoms with Crippen molar-refractivity contribution in [3.63, 3.8) is 0 Å². The number of piperidine rings is 1. The van der Waals surface area contributed by atoms with E-state index in [1.54, 1.807) is 4.90 Å². The van der Waals surface area contributed by atoms with E-state index in [-0.39, 0.29) is 18.6 Å². The number of ether oxygens (including phenoxy) is 1. The molecule has 1 rings (SSSR count). The van der Waals surface area contributed by atoms with E-state index in [4.69, 9.17) is 9.84 Å². The SMILES string of the molecule is COCC(=O)N1CCC(NS(=O)(=O)CCC(=O)O)CC1. The van der Waals surface area contributed by atoms with Gasteiger partial charge in [-0.25, -0.2) is 13.1 Å². The van der Waals surface area contributed by atoms with Crippen LogP contribution in [-0.4, -0.2) is 68.9 Å². The minimum Gasteiger partial charge on any atom is -0.481 e. The van der Waals surface area contributed by atoms with E-state index >= 15 is 0 Å². The molecule has 8 nitrogen and oxygen atoms in total. The highest BCUT2D eigenvalue weighted by atomic mass is 32.2. The number of likely N-dealkylation sites (tertiary alicyclic amines) is 1. The Morgan fingerprint density at radius 1 is 1.35 bits per heavy atom. The van der Waals surface area contributed by atoms with E-state index in [1.165, 1.54) is 7.11 Å². The number of carboxylic acid groups (broad SMARTS) is 1. The van der Waals surface area contributed by atoms with Crippen LogP contribution in [0.3, 0.4) is 0 Å². The molecule has 1 aliphatic heterocycles. The van der Waals surface area contributed by atoms with Crippen molar-refractivity contribution in [1.82, 2.24) is 9.62 Å². The second-order valence-corrected chi connectivity index (χ2v) is 6.54. The normalized spacial score (nSPS) is 17.1. The minimum absolute atomic E-state index is 0.0228. The van der Waals surface area contributed by atoms with Gasteiger partial charge in [-0.2, -0.15) is 0 Å². The average Bonchev–Trinajstić information content (AvgIpc) is 2.37. The number of sulfonamides is 1. The zero-order valence-electron chi connectivity index (χ0n) is 11.4. The van der Waals surface area contributed by atoms with E-state index in [0.29, 0.717) is 25.9 Å². The van der Waals surface area contributed by atoms with Crippen molar-refractivity contribution in [3.8, 4) is 0 Å². The van der Waals surface area contributed by atoms with Crippen LogP contribution in [0, 0.1) is 0 Å². The lowest BCUT2D eigenvalue weighted by Crippen LogP contribution is -2.47. The van der Waals surface area contributed by atoms with Crippen molar-refractivity contribution >= 4 is 21.9 Å². The Balaban J connectivity index is 2.38. The molecule has 1 heterocycles. The number of amides is 1. The number of hydrogen-bond acceptors (Lipinski definition) is 5. The van der Waals surface area contributed by atoms with Gasteiger partial charge in [0.05, 0.1) is 12.2 Å². The third-order valence-electron chi connectivity index (χ3n) is 3.05. The van der Waals surface area contributed by atoms with E-state index in [0.717, 1.165) is 0 Å². The summed E-state index contributed by atoms with van der Waals surface area (Å²) >= 11 is 0.